The number of carbonyl (C=O) groups excluding carboxylic acids is 3. The van der Waals surface area contributed by atoms with Crippen LogP contribution in [0.2, 0.25) is 0 Å². The number of aromatic nitrogens is 1. The third kappa shape index (κ3) is 6.60. The Kier molecular flexibility index (Phi) is 8.38. The molecule has 0 aliphatic rings. The molecule has 1 heterocycles. The number of hydrogen-bond acceptors (Lipinski definition) is 5. The number of hydrogen-bond donors (Lipinski definition) is 2. The SMILES string of the molecule is CCCN(CCC)C(=O)CCCC(=O)Nc1nc2ccc(NC(C)=O)cc2s1. The number of rotatable bonds is 10. The fraction of sp³-hybridized carbons (Fsp3) is 0.500. The highest BCUT2D eigenvalue weighted by Gasteiger charge is 2.13. The van der Waals surface area contributed by atoms with Gasteiger partial charge in [0.2, 0.25) is 17.7 Å². The summed E-state index contributed by atoms with van der Waals surface area (Å²) >= 11 is 1.36. The van der Waals surface area contributed by atoms with Gasteiger partial charge >= 0.3 is 0 Å². The van der Waals surface area contributed by atoms with Gasteiger partial charge in [-0.25, -0.2) is 4.98 Å². The van der Waals surface area contributed by atoms with Crippen molar-refractivity contribution in [2.45, 2.75) is 52.9 Å². The molecule has 2 aromatic rings. The predicted octanol–water partition coefficient (Wildman–Crippen LogP) is 4.01. The van der Waals surface area contributed by atoms with Crippen LogP contribution in [0, 0.1) is 0 Å². The standard InChI is InChI=1S/C20H28N4O3S/c1-4-11-24(12-5-2)19(27)8-6-7-18(26)23-20-22-16-10-9-15(21-14(3)25)13-17(16)28-20/h9-10,13H,4-8,11-12H2,1-3H3,(H,21,25)(H,22,23,26). The summed E-state index contributed by atoms with van der Waals surface area (Å²) < 4.78 is 0.881. The van der Waals surface area contributed by atoms with Gasteiger partial charge in [0, 0.05) is 38.5 Å². The quantitative estimate of drug-likeness (QED) is 0.626. The van der Waals surface area contributed by atoms with Crippen LogP contribution >= 0.6 is 11.3 Å². The maximum absolute atomic E-state index is 12.2. The number of nitrogens with zero attached hydrogens (tertiary/aromatic N) is 2. The molecular weight excluding hydrogens is 376 g/mol. The van der Waals surface area contributed by atoms with Crippen LogP contribution in [-0.2, 0) is 14.4 Å². The van der Waals surface area contributed by atoms with Crippen molar-refractivity contribution in [2.75, 3.05) is 23.7 Å². The molecule has 7 nitrogen and oxygen atoms in total. The van der Waals surface area contributed by atoms with Gasteiger partial charge in [0.25, 0.3) is 0 Å². The van der Waals surface area contributed by atoms with E-state index in [9.17, 15) is 14.4 Å². The second kappa shape index (κ2) is 10.8. The second-order valence-corrected chi connectivity index (χ2v) is 7.70. The summed E-state index contributed by atoms with van der Waals surface area (Å²) in [5.74, 6) is -0.170. The Morgan fingerprint density at radius 3 is 2.43 bits per heavy atom. The van der Waals surface area contributed by atoms with E-state index in [0.29, 0.717) is 23.7 Å². The molecule has 0 saturated carbocycles. The normalized spacial score (nSPS) is 10.7. The van der Waals surface area contributed by atoms with E-state index in [1.54, 1.807) is 6.07 Å². The molecule has 1 aromatic heterocycles. The Hall–Kier alpha value is -2.48. The molecule has 0 saturated heterocycles. The first-order valence-electron chi connectivity index (χ1n) is 9.68. The summed E-state index contributed by atoms with van der Waals surface area (Å²) in [5, 5.41) is 6.05. The van der Waals surface area contributed by atoms with E-state index < -0.39 is 0 Å². The van der Waals surface area contributed by atoms with Crippen LogP contribution < -0.4 is 10.6 Å². The number of thiazole rings is 1. The van der Waals surface area contributed by atoms with Crippen molar-refractivity contribution in [3.8, 4) is 0 Å². The first kappa shape index (κ1) is 21.8. The monoisotopic (exact) mass is 404 g/mol. The van der Waals surface area contributed by atoms with Crippen LogP contribution in [0.15, 0.2) is 18.2 Å². The van der Waals surface area contributed by atoms with E-state index in [2.05, 4.69) is 29.5 Å². The average Bonchev–Trinajstić information content (AvgIpc) is 3.02. The van der Waals surface area contributed by atoms with Crippen molar-refractivity contribution >= 4 is 50.1 Å². The van der Waals surface area contributed by atoms with Crippen LogP contribution in [0.25, 0.3) is 10.2 Å². The van der Waals surface area contributed by atoms with Crippen molar-refractivity contribution in [3.63, 3.8) is 0 Å². The second-order valence-electron chi connectivity index (χ2n) is 6.67. The fourth-order valence-electron chi connectivity index (χ4n) is 2.90. The minimum Gasteiger partial charge on any atom is -0.343 e. The Labute approximate surface area is 169 Å². The maximum atomic E-state index is 12.2. The highest BCUT2D eigenvalue weighted by molar-refractivity contribution is 7.22. The van der Waals surface area contributed by atoms with Crippen LogP contribution in [-0.4, -0.2) is 40.7 Å². The van der Waals surface area contributed by atoms with Crippen LogP contribution in [0.1, 0.15) is 52.9 Å². The summed E-state index contributed by atoms with van der Waals surface area (Å²) in [6, 6.07) is 5.42. The molecule has 28 heavy (non-hydrogen) atoms. The summed E-state index contributed by atoms with van der Waals surface area (Å²) in [7, 11) is 0. The topological polar surface area (TPSA) is 91.4 Å². The largest absolute Gasteiger partial charge is 0.343 e. The number of nitrogens with one attached hydrogen (secondary N) is 2. The third-order valence-corrected chi connectivity index (χ3v) is 5.02. The van der Waals surface area contributed by atoms with Gasteiger partial charge < -0.3 is 15.5 Å². The molecule has 1 aromatic carbocycles. The molecule has 8 heteroatoms. The average molecular weight is 405 g/mol. The summed E-state index contributed by atoms with van der Waals surface area (Å²) in [6.07, 6.45) is 3.06. The Balaban J connectivity index is 1.85. The van der Waals surface area contributed by atoms with Crippen LogP contribution in [0.5, 0.6) is 0 Å². The van der Waals surface area contributed by atoms with E-state index in [4.69, 9.17) is 0 Å². The number of fused-ring (bicyclic) bond motifs is 1. The van der Waals surface area contributed by atoms with Gasteiger partial charge in [-0.15, -0.1) is 0 Å². The van der Waals surface area contributed by atoms with E-state index in [1.807, 2.05) is 17.0 Å². The van der Waals surface area contributed by atoms with E-state index in [-0.39, 0.29) is 24.1 Å². The van der Waals surface area contributed by atoms with Gasteiger partial charge in [-0.05, 0) is 37.5 Å². The lowest BCUT2D eigenvalue weighted by molar-refractivity contribution is -0.131. The Bertz CT molecular complexity index is 828. The van der Waals surface area contributed by atoms with Gasteiger partial charge in [-0.2, -0.15) is 0 Å². The molecule has 2 N–H and O–H groups in total. The molecule has 0 unspecified atom stereocenters. The van der Waals surface area contributed by atoms with Gasteiger partial charge in [-0.1, -0.05) is 25.2 Å². The molecule has 0 fully saturated rings. The molecular formula is C20H28N4O3S. The van der Waals surface area contributed by atoms with Gasteiger partial charge in [0.15, 0.2) is 5.13 Å². The number of amides is 3. The minimum absolute atomic E-state index is 0.113. The van der Waals surface area contributed by atoms with Gasteiger partial charge in [0.1, 0.15) is 0 Å². The molecule has 2 rings (SSSR count). The highest BCUT2D eigenvalue weighted by Crippen LogP contribution is 2.28. The number of anilines is 2. The summed E-state index contributed by atoms with van der Waals surface area (Å²) in [6.45, 7) is 7.11. The number of carbonyl (C=O) groups is 3. The summed E-state index contributed by atoms with van der Waals surface area (Å²) in [4.78, 5) is 41.8. The van der Waals surface area contributed by atoms with Crippen LogP contribution in [0.3, 0.4) is 0 Å². The van der Waals surface area contributed by atoms with Crippen molar-refractivity contribution in [2.24, 2.45) is 0 Å². The summed E-state index contributed by atoms with van der Waals surface area (Å²) in [5.41, 5.74) is 1.46. The van der Waals surface area contributed by atoms with E-state index in [0.717, 1.165) is 36.1 Å². The molecule has 3 amide bonds. The molecule has 0 spiro atoms. The van der Waals surface area contributed by atoms with Gasteiger partial charge in [0.05, 0.1) is 10.2 Å². The van der Waals surface area contributed by atoms with E-state index >= 15 is 0 Å². The minimum atomic E-state index is -0.147. The zero-order valence-electron chi connectivity index (χ0n) is 16.7. The molecule has 0 radical (unpaired) electrons. The van der Waals surface area contributed by atoms with Crippen molar-refractivity contribution in [1.29, 1.82) is 0 Å². The first-order chi connectivity index (χ1) is 13.4. The predicted molar refractivity (Wildman–Crippen MR) is 114 cm³/mol. The van der Waals surface area contributed by atoms with E-state index in [1.165, 1.54) is 18.3 Å². The van der Waals surface area contributed by atoms with Crippen molar-refractivity contribution < 1.29 is 14.4 Å². The fourth-order valence-corrected chi connectivity index (χ4v) is 3.82. The molecule has 0 aliphatic heterocycles. The van der Waals surface area contributed by atoms with Crippen molar-refractivity contribution in [3.05, 3.63) is 18.2 Å². The lowest BCUT2D eigenvalue weighted by Gasteiger charge is -2.21. The highest BCUT2D eigenvalue weighted by atomic mass is 32.1. The number of benzene rings is 1. The zero-order valence-corrected chi connectivity index (χ0v) is 17.5. The molecule has 0 aliphatic carbocycles. The third-order valence-electron chi connectivity index (χ3n) is 4.09. The van der Waals surface area contributed by atoms with Crippen molar-refractivity contribution in [1.82, 2.24) is 9.88 Å². The van der Waals surface area contributed by atoms with Gasteiger partial charge in [-0.3, -0.25) is 14.4 Å². The molecule has 152 valence electrons. The Morgan fingerprint density at radius 2 is 1.79 bits per heavy atom. The first-order valence-corrected chi connectivity index (χ1v) is 10.5. The van der Waals surface area contributed by atoms with Crippen LogP contribution in [0.4, 0.5) is 10.8 Å². The zero-order chi connectivity index (χ0) is 20.5. The smallest absolute Gasteiger partial charge is 0.226 e. The lowest BCUT2D eigenvalue weighted by Crippen LogP contribution is -2.32. The maximum Gasteiger partial charge on any atom is 0.226 e. The Morgan fingerprint density at radius 1 is 1.07 bits per heavy atom. The molecule has 0 atom stereocenters. The lowest BCUT2D eigenvalue weighted by atomic mass is 10.2. The molecule has 0 bridgehead atoms.